The van der Waals surface area contributed by atoms with Gasteiger partial charge in [0.2, 0.25) is 5.91 Å². The van der Waals surface area contributed by atoms with Crippen LogP contribution in [0.2, 0.25) is 5.02 Å². The molecule has 0 spiro atoms. The van der Waals surface area contributed by atoms with Gasteiger partial charge in [-0.15, -0.1) is 0 Å². The zero-order valence-corrected chi connectivity index (χ0v) is 15.6. The highest BCUT2D eigenvalue weighted by Gasteiger charge is 2.12. The maximum Gasteiger partial charge on any atom is 0.338 e. The number of ether oxygens (including phenoxy) is 1. The molecule has 1 aromatic carbocycles. The van der Waals surface area contributed by atoms with Crippen LogP contribution in [0.5, 0.6) is 0 Å². The van der Waals surface area contributed by atoms with E-state index in [4.69, 9.17) is 16.3 Å². The second kappa shape index (κ2) is 8.05. The fourth-order valence-corrected chi connectivity index (χ4v) is 2.73. The quantitative estimate of drug-likeness (QED) is 0.656. The number of hydrogen-bond acceptors (Lipinski definition) is 5. The van der Waals surface area contributed by atoms with Gasteiger partial charge >= 0.3 is 5.97 Å². The summed E-state index contributed by atoms with van der Waals surface area (Å²) in [5.41, 5.74) is 2.46. The standard InChI is InChI=1S/C18H18ClN5O3/c1-12-16(19)10-24(22-12)11-17(25)21-14-7-20-23(9-14)8-13-5-3-4-6-15(13)18(26)27-2/h3-7,9-10H,8,11H2,1-2H3,(H,21,25). The van der Waals surface area contributed by atoms with Crippen LogP contribution in [0.15, 0.2) is 42.9 Å². The van der Waals surface area contributed by atoms with Gasteiger partial charge in [-0.25, -0.2) is 4.79 Å². The molecule has 0 radical (unpaired) electrons. The van der Waals surface area contributed by atoms with E-state index in [0.29, 0.717) is 28.5 Å². The molecule has 0 atom stereocenters. The average Bonchev–Trinajstić information content (AvgIpc) is 3.20. The Bertz CT molecular complexity index is 960. The van der Waals surface area contributed by atoms with Gasteiger partial charge in [-0.05, 0) is 18.6 Å². The van der Waals surface area contributed by atoms with Gasteiger partial charge in [0.15, 0.2) is 0 Å². The smallest absolute Gasteiger partial charge is 0.338 e. The van der Waals surface area contributed by atoms with E-state index in [1.54, 1.807) is 42.3 Å². The third-order valence-electron chi connectivity index (χ3n) is 3.86. The van der Waals surface area contributed by atoms with Crippen LogP contribution >= 0.6 is 11.6 Å². The molecule has 1 amide bonds. The lowest BCUT2D eigenvalue weighted by molar-refractivity contribution is -0.116. The molecule has 140 valence electrons. The molecule has 2 heterocycles. The maximum atomic E-state index is 12.1. The molecule has 0 saturated heterocycles. The van der Waals surface area contributed by atoms with Crippen LogP contribution in [0.25, 0.3) is 0 Å². The van der Waals surface area contributed by atoms with Crippen molar-refractivity contribution in [2.45, 2.75) is 20.0 Å². The Morgan fingerprint density at radius 2 is 2.00 bits per heavy atom. The highest BCUT2D eigenvalue weighted by molar-refractivity contribution is 6.31. The molecule has 0 aliphatic carbocycles. The summed E-state index contributed by atoms with van der Waals surface area (Å²) in [7, 11) is 1.34. The van der Waals surface area contributed by atoms with Gasteiger partial charge in [0, 0.05) is 12.4 Å². The molecule has 0 fully saturated rings. The number of nitrogens with one attached hydrogen (secondary N) is 1. The molecule has 0 bridgehead atoms. The molecule has 0 unspecified atom stereocenters. The van der Waals surface area contributed by atoms with Gasteiger partial charge in [-0.2, -0.15) is 10.2 Å². The zero-order valence-electron chi connectivity index (χ0n) is 14.8. The van der Waals surface area contributed by atoms with Crippen molar-refractivity contribution < 1.29 is 14.3 Å². The Labute approximate surface area is 160 Å². The number of esters is 1. The number of halogens is 1. The van der Waals surface area contributed by atoms with E-state index < -0.39 is 5.97 Å². The van der Waals surface area contributed by atoms with Gasteiger partial charge in [-0.3, -0.25) is 14.2 Å². The number of hydrogen-bond donors (Lipinski definition) is 1. The molecule has 1 N–H and O–H groups in total. The summed E-state index contributed by atoms with van der Waals surface area (Å²) >= 11 is 5.94. The van der Waals surface area contributed by atoms with Crippen LogP contribution in [0.1, 0.15) is 21.6 Å². The summed E-state index contributed by atoms with van der Waals surface area (Å²) in [6.45, 7) is 2.19. The van der Waals surface area contributed by atoms with Crippen LogP contribution in [-0.2, 0) is 22.6 Å². The molecule has 2 aromatic heterocycles. The number of carbonyl (C=O) groups is 2. The molecular weight excluding hydrogens is 370 g/mol. The van der Waals surface area contributed by atoms with Crippen molar-refractivity contribution in [1.82, 2.24) is 19.6 Å². The number of aryl methyl sites for hydroxylation is 1. The number of carbonyl (C=O) groups excluding carboxylic acids is 2. The normalized spacial score (nSPS) is 10.6. The van der Waals surface area contributed by atoms with E-state index >= 15 is 0 Å². The fourth-order valence-electron chi connectivity index (χ4n) is 2.58. The molecule has 3 aromatic rings. The third-order valence-corrected chi connectivity index (χ3v) is 4.24. The van der Waals surface area contributed by atoms with E-state index in [-0.39, 0.29) is 12.5 Å². The molecule has 0 saturated carbocycles. The van der Waals surface area contributed by atoms with Crippen molar-refractivity contribution in [3.8, 4) is 0 Å². The van der Waals surface area contributed by atoms with Crippen molar-refractivity contribution in [1.29, 1.82) is 0 Å². The van der Waals surface area contributed by atoms with Gasteiger partial charge in [0.25, 0.3) is 0 Å². The topological polar surface area (TPSA) is 91.0 Å². The SMILES string of the molecule is COC(=O)c1ccccc1Cn1cc(NC(=O)Cn2cc(Cl)c(C)n2)cn1. The largest absolute Gasteiger partial charge is 0.465 e. The van der Waals surface area contributed by atoms with Crippen molar-refractivity contribution in [2.24, 2.45) is 0 Å². The van der Waals surface area contributed by atoms with E-state index in [1.165, 1.54) is 11.8 Å². The Kier molecular flexibility index (Phi) is 5.56. The Hall–Kier alpha value is -3.13. The zero-order chi connectivity index (χ0) is 19.4. The third kappa shape index (κ3) is 4.53. The first kappa shape index (κ1) is 18.7. The van der Waals surface area contributed by atoms with Gasteiger partial charge < -0.3 is 10.1 Å². The molecule has 3 rings (SSSR count). The number of rotatable bonds is 6. The van der Waals surface area contributed by atoms with Crippen LogP contribution in [0, 0.1) is 6.92 Å². The van der Waals surface area contributed by atoms with Crippen molar-refractivity contribution in [3.05, 3.63) is 64.7 Å². The van der Waals surface area contributed by atoms with Gasteiger partial charge in [0.05, 0.1) is 41.8 Å². The number of methoxy groups -OCH3 is 1. The fraction of sp³-hybridized carbons (Fsp3) is 0.222. The second-order valence-corrected chi connectivity index (χ2v) is 6.29. The van der Waals surface area contributed by atoms with Crippen LogP contribution in [-0.4, -0.2) is 38.5 Å². The Balaban J connectivity index is 1.65. The number of aromatic nitrogens is 4. The van der Waals surface area contributed by atoms with Crippen molar-refractivity contribution in [2.75, 3.05) is 12.4 Å². The molecule has 8 nitrogen and oxygen atoms in total. The predicted molar refractivity (Wildman–Crippen MR) is 99.7 cm³/mol. The number of amides is 1. The minimum absolute atomic E-state index is 0.0455. The van der Waals surface area contributed by atoms with E-state index in [9.17, 15) is 9.59 Å². The lowest BCUT2D eigenvalue weighted by atomic mass is 10.1. The summed E-state index contributed by atoms with van der Waals surface area (Å²) in [6.07, 6.45) is 4.83. The lowest BCUT2D eigenvalue weighted by Gasteiger charge is -2.07. The van der Waals surface area contributed by atoms with Crippen molar-refractivity contribution in [3.63, 3.8) is 0 Å². The van der Waals surface area contributed by atoms with Crippen molar-refractivity contribution >= 4 is 29.2 Å². The highest BCUT2D eigenvalue weighted by atomic mass is 35.5. The molecule has 27 heavy (non-hydrogen) atoms. The number of nitrogens with zero attached hydrogens (tertiary/aromatic N) is 4. The summed E-state index contributed by atoms with van der Waals surface area (Å²) < 4.78 is 7.90. The predicted octanol–water partition coefficient (Wildman–Crippen LogP) is 2.52. The first-order valence-electron chi connectivity index (χ1n) is 8.14. The molecule has 9 heteroatoms. The molecular formula is C18H18ClN5O3. The number of anilines is 1. The van der Waals surface area contributed by atoms with E-state index in [2.05, 4.69) is 15.5 Å². The minimum atomic E-state index is -0.403. The minimum Gasteiger partial charge on any atom is -0.465 e. The maximum absolute atomic E-state index is 12.1. The van der Waals surface area contributed by atoms with Crippen LogP contribution in [0.3, 0.4) is 0 Å². The Morgan fingerprint density at radius 3 is 2.70 bits per heavy atom. The summed E-state index contributed by atoms with van der Waals surface area (Å²) in [4.78, 5) is 24.0. The lowest BCUT2D eigenvalue weighted by Crippen LogP contribution is -2.18. The summed E-state index contributed by atoms with van der Waals surface area (Å²) in [6, 6.07) is 7.14. The molecule has 0 aliphatic heterocycles. The van der Waals surface area contributed by atoms with E-state index in [0.717, 1.165) is 5.56 Å². The summed E-state index contributed by atoms with van der Waals surface area (Å²) in [5.74, 6) is -0.650. The first-order chi connectivity index (χ1) is 13.0. The van der Waals surface area contributed by atoms with Crippen LogP contribution < -0.4 is 5.32 Å². The van der Waals surface area contributed by atoms with Gasteiger partial charge in [-0.1, -0.05) is 29.8 Å². The summed E-state index contributed by atoms with van der Waals surface area (Å²) in [5, 5.41) is 11.6. The monoisotopic (exact) mass is 387 g/mol. The van der Waals surface area contributed by atoms with Gasteiger partial charge in [0.1, 0.15) is 6.54 Å². The average molecular weight is 388 g/mol. The highest BCUT2D eigenvalue weighted by Crippen LogP contribution is 2.14. The molecule has 0 aliphatic rings. The van der Waals surface area contributed by atoms with Crippen LogP contribution in [0.4, 0.5) is 5.69 Å². The van der Waals surface area contributed by atoms with E-state index in [1.807, 2.05) is 12.1 Å². The second-order valence-electron chi connectivity index (χ2n) is 5.88. The Morgan fingerprint density at radius 1 is 1.22 bits per heavy atom. The first-order valence-corrected chi connectivity index (χ1v) is 8.52. The number of benzene rings is 1.